The van der Waals surface area contributed by atoms with Crippen molar-refractivity contribution in [3.05, 3.63) is 59.6 Å². The second-order valence-corrected chi connectivity index (χ2v) is 8.56. The Bertz CT molecular complexity index is 1340. The molecule has 1 aromatic carbocycles. The average Bonchev–Trinajstić information content (AvgIpc) is 3.48. The first-order chi connectivity index (χ1) is 15.3. The maximum absolute atomic E-state index is 15.2. The van der Waals surface area contributed by atoms with Gasteiger partial charge in [-0.15, -0.1) is 0 Å². The van der Waals surface area contributed by atoms with Crippen molar-refractivity contribution in [1.82, 2.24) is 25.0 Å². The van der Waals surface area contributed by atoms with Gasteiger partial charge < -0.3 is 14.6 Å². The number of aromatic nitrogens is 4. The minimum absolute atomic E-state index is 0.0229. The molecule has 2 N–H and O–H groups in total. The highest BCUT2D eigenvalue weighted by atomic mass is 19.1. The monoisotopic (exact) mass is 436 g/mol. The molecule has 0 atom stereocenters. The van der Waals surface area contributed by atoms with E-state index >= 15 is 4.39 Å². The summed E-state index contributed by atoms with van der Waals surface area (Å²) >= 11 is 0. The van der Waals surface area contributed by atoms with Gasteiger partial charge >= 0.3 is 6.03 Å². The van der Waals surface area contributed by atoms with Crippen LogP contribution in [0.15, 0.2) is 41.3 Å². The fraction of sp³-hybridized carbons (Fsp3) is 0.273. The van der Waals surface area contributed by atoms with E-state index in [1.807, 2.05) is 20.8 Å². The molecule has 0 bridgehead atoms. The molecule has 0 saturated carbocycles. The zero-order valence-electron chi connectivity index (χ0n) is 17.8. The molecule has 1 amide bonds. The molecule has 0 unspecified atom stereocenters. The Labute approximate surface area is 182 Å². The van der Waals surface area contributed by atoms with Crippen molar-refractivity contribution in [2.24, 2.45) is 0 Å². The first-order valence-electron chi connectivity index (χ1n) is 10.1. The number of halogens is 1. The van der Waals surface area contributed by atoms with Crippen LogP contribution in [0, 0.1) is 5.82 Å². The summed E-state index contributed by atoms with van der Waals surface area (Å²) < 4.78 is 27.5. The third-order valence-electron chi connectivity index (χ3n) is 5.27. The molecule has 1 aliphatic rings. The van der Waals surface area contributed by atoms with Gasteiger partial charge in [0, 0.05) is 36.2 Å². The van der Waals surface area contributed by atoms with E-state index in [-0.39, 0.29) is 22.4 Å². The number of ether oxygens (including phenoxy) is 1. The molecule has 4 heterocycles. The van der Waals surface area contributed by atoms with Gasteiger partial charge in [-0.2, -0.15) is 0 Å². The van der Waals surface area contributed by atoms with Crippen LogP contribution in [-0.4, -0.2) is 25.7 Å². The maximum Gasteiger partial charge on any atom is 0.331 e. The molecule has 0 saturated heterocycles. The summed E-state index contributed by atoms with van der Waals surface area (Å²) in [6.07, 6.45) is 2.89. The Hall–Kier alpha value is -3.79. The number of carbonyl (C=O) groups excluding carboxylic acids is 1. The number of nitrogens with one attached hydrogen (secondary N) is 2. The van der Waals surface area contributed by atoms with Crippen molar-refractivity contribution in [2.75, 3.05) is 5.32 Å². The molecule has 32 heavy (non-hydrogen) atoms. The quantitative estimate of drug-likeness (QED) is 0.492. The van der Waals surface area contributed by atoms with Gasteiger partial charge in [0.25, 0.3) is 0 Å². The molecule has 4 aromatic rings. The minimum atomic E-state index is -0.580. The van der Waals surface area contributed by atoms with E-state index in [1.165, 1.54) is 29.2 Å². The highest BCUT2D eigenvalue weighted by Crippen LogP contribution is 2.33. The van der Waals surface area contributed by atoms with Crippen LogP contribution < -0.4 is 15.4 Å². The summed E-state index contributed by atoms with van der Waals surface area (Å²) in [6, 6.07) is 5.81. The molecule has 10 heteroatoms. The standard InChI is InChI=1S/C22H21FN6O3/c1-22(2,3)17-8-18(28-32-17)27-21(30)29-7-6-12-15(29)4-5-16(19(12)23)31-20-13-9-24-10-14(13)25-11-26-20/h4-8,11,24H,9-10H2,1-3H3,(H,27,28,30). The highest BCUT2D eigenvalue weighted by Gasteiger charge is 2.23. The lowest BCUT2D eigenvalue weighted by atomic mass is 9.93. The number of benzene rings is 1. The van der Waals surface area contributed by atoms with Crippen molar-refractivity contribution in [3.8, 4) is 11.6 Å². The van der Waals surface area contributed by atoms with E-state index in [1.54, 1.807) is 12.1 Å². The van der Waals surface area contributed by atoms with Crippen molar-refractivity contribution >= 4 is 22.8 Å². The second-order valence-electron chi connectivity index (χ2n) is 8.56. The Kier molecular flexibility index (Phi) is 4.66. The summed E-state index contributed by atoms with van der Waals surface area (Å²) in [5.41, 5.74) is 1.80. The van der Waals surface area contributed by atoms with Crippen LogP contribution in [0.4, 0.5) is 15.0 Å². The Morgan fingerprint density at radius 1 is 1.25 bits per heavy atom. The lowest BCUT2D eigenvalue weighted by molar-refractivity contribution is 0.254. The van der Waals surface area contributed by atoms with E-state index in [0.29, 0.717) is 30.2 Å². The van der Waals surface area contributed by atoms with Gasteiger partial charge in [-0.05, 0) is 18.2 Å². The lowest BCUT2D eigenvalue weighted by Gasteiger charge is -2.12. The number of hydrogen-bond donors (Lipinski definition) is 2. The molecule has 5 rings (SSSR count). The average molecular weight is 436 g/mol. The van der Waals surface area contributed by atoms with Gasteiger partial charge in [0.1, 0.15) is 12.1 Å². The van der Waals surface area contributed by atoms with E-state index in [4.69, 9.17) is 9.26 Å². The molecule has 3 aromatic heterocycles. The zero-order chi connectivity index (χ0) is 22.5. The van der Waals surface area contributed by atoms with Gasteiger partial charge in [-0.25, -0.2) is 19.2 Å². The van der Waals surface area contributed by atoms with E-state index in [2.05, 4.69) is 25.8 Å². The van der Waals surface area contributed by atoms with Crippen LogP contribution in [-0.2, 0) is 18.5 Å². The largest absolute Gasteiger partial charge is 0.435 e. The van der Waals surface area contributed by atoms with Crippen LogP contribution in [0.2, 0.25) is 0 Å². The zero-order valence-corrected chi connectivity index (χ0v) is 17.8. The summed E-state index contributed by atoms with van der Waals surface area (Å²) in [5.74, 6) is 0.688. The lowest BCUT2D eigenvalue weighted by Crippen LogP contribution is -2.18. The number of rotatable bonds is 3. The van der Waals surface area contributed by atoms with E-state index < -0.39 is 11.8 Å². The Morgan fingerprint density at radius 2 is 2.09 bits per heavy atom. The van der Waals surface area contributed by atoms with Crippen LogP contribution in [0.5, 0.6) is 11.6 Å². The molecule has 0 fully saturated rings. The van der Waals surface area contributed by atoms with Crippen molar-refractivity contribution in [1.29, 1.82) is 0 Å². The van der Waals surface area contributed by atoms with Gasteiger partial charge in [0.15, 0.2) is 17.4 Å². The number of fused-ring (bicyclic) bond motifs is 2. The maximum atomic E-state index is 15.2. The second kappa shape index (κ2) is 7.41. The number of nitrogens with zero attached hydrogens (tertiary/aromatic N) is 4. The van der Waals surface area contributed by atoms with Gasteiger partial charge in [-0.3, -0.25) is 9.88 Å². The molecule has 0 radical (unpaired) electrons. The topological polar surface area (TPSA) is 107 Å². The van der Waals surface area contributed by atoms with Crippen LogP contribution >= 0.6 is 0 Å². The third kappa shape index (κ3) is 3.48. The molecule has 164 valence electrons. The summed E-state index contributed by atoms with van der Waals surface area (Å²) in [7, 11) is 0. The van der Waals surface area contributed by atoms with Crippen molar-refractivity contribution < 1.29 is 18.4 Å². The van der Waals surface area contributed by atoms with Crippen molar-refractivity contribution in [3.63, 3.8) is 0 Å². The van der Waals surface area contributed by atoms with Gasteiger partial charge in [-0.1, -0.05) is 25.9 Å². The predicted molar refractivity (Wildman–Crippen MR) is 114 cm³/mol. The minimum Gasteiger partial charge on any atom is -0.435 e. The Morgan fingerprint density at radius 3 is 2.88 bits per heavy atom. The third-order valence-corrected chi connectivity index (χ3v) is 5.27. The fourth-order valence-corrected chi connectivity index (χ4v) is 3.53. The summed E-state index contributed by atoms with van der Waals surface area (Å²) in [4.78, 5) is 21.1. The van der Waals surface area contributed by atoms with Crippen molar-refractivity contribution in [2.45, 2.75) is 39.3 Å². The van der Waals surface area contributed by atoms with Crippen LogP contribution in [0.25, 0.3) is 10.9 Å². The molecule has 9 nitrogen and oxygen atoms in total. The Balaban J connectivity index is 1.41. The SMILES string of the molecule is CC(C)(C)c1cc(NC(=O)n2ccc3c(F)c(Oc4ncnc5c4CNC5)ccc32)no1. The number of hydrogen-bond acceptors (Lipinski definition) is 7. The smallest absolute Gasteiger partial charge is 0.331 e. The molecule has 0 spiro atoms. The van der Waals surface area contributed by atoms with Gasteiger partial charge in [0.05, 0.1) is 16.8 Å². The highest BCUT2D eigenvalue weighted by molar-refractivity contribution is 5.98. The fourth-order valence-electron chi connectivity index (χ4n) is 3.53. The number of anilines is 1. The van der Waals surface area contributed by atoms with Crippen LogP contribution in [0.1, 0.15) is 37.8 Å². The van der Waals surface area contributed by atoms with Gasteiger partial charge in [0.2, 0.25) is 5.88 Å². The molecule has 1 aliphatic heterocycles. The van der Waals surface area contributed by atoms with Crippen LogP contribution in [0.3, 0.4) is 0 Å². The van der Waals surface area contributed by atoms with E-state index in [9.17, 15) is 4.79 Å². The number of amides is 1. The molecular weight excluding hydrogens is 415 g/mol. The summed E-state index contributed by atoms with van der Waals surface area (Å²) in [6.45, 7) is 7.12. The summed E-state index contributed by atoms with van der Waals surface area (Å²) in [5, 5.41) is 9.98. The van der Waals surface area contributed by atoms with E-state index in [0.717, 1.165) is 11.3 Å². The number of carbonyl (C=O) groups is 1. The predicted octanol–water partition coefficient (Wildman–Crippen LogP) is 4.33. The first kappa shape index (κ1) is 20.1. The first-order valence-corrected chi connectivity index (χ1v) is 10.1. The molecular formula is C22H21FN6O3. The molecule has 0 aliphatic carbocycles. The normalized spacial score (nSPS) is 13.4.